The second-order valence-corrected chi connectivity index (χ2v) is 4.57. The van der Waals surface area contributed by atoms with E-state index in [1.54, 1.807) is 12.1 Å². The molecule has 0 amide bonds. The van der Waals surface area contributed by atoms with Gasteiger partial charge in [0.15, 0.2) is 0 Å². The van der Waals surface area contributed by atoms with Crippen molar-refractivity contribution in [2.45, 2.75) is 37.8 Å². The highest BCUT2D eigenvalue weighted by molar-refractivity contribution is 5.17. The van der Waals surface area contributed by atoms with E-state index in [-0.39, 0.29) is 11.9 Å². The molecule has 1 fully saturated rings. The topological polar surface area (TPSA) is 47.3 Å². The number of rotatable bonds is 5. The van der Waals surface area contributed by atoms with Crippen LogP contribution >= 0.6 is 0 Å². The van der Waals surface area contributed by atoms with Crippen molar-refractivity contribution in [3.8, 4) is 0 Å². The van der Waals surface area contributed by atoms with Gasteiger partial charge in [-0.15, -0.1) is 0 Å². The summed E-state index contributed by atoms with van der Waals surface area (Å²) in [6.07, 6.45) is 4.13. The quantitative estimate of drug-likeness (QED) is 0.607. The molecule has 1 aromatic rings. The molecule has 0 spiro atoms. The highest BCUT2D eigenvalue weighted by Crippen LogP contribution is 2.18. The summed E-state index contributed by atoms with van der Waals surface area (Å²) in [5.41, 5.74) is 3.76. The Morgan fingerprint density at radius 2 is 2.41 bits per heavy atom. The van der Waals surface area contributed by atoms with Gasteiger partial charge in [0.05, 0.1) is 6.10 Å². The number of nitrogens with one attached hydrogen (secondary N) is 1. The van der Waals surface area contributed by atoms with E-state index in [0.717, 1.165) is 37.9 Å². The molecule has 0 aliphatic carbocycles. The molecule has 94 valence electrons. The zero-order valence-electron chi connectivity index (χ0n) is 9.86. The van der Waals surface area contributed by atoms with E-state index in [4.69, 9.17) is 10.6 Å². The predicted octanol–water partition coefficient (Wildman–Crippen LogP) is 1.77. The van der Waals surface area contributed by atoms with Gasteiger partial charge in [0, 0.05) is 12.6 Å². The molecular weight excluding hydrogens is 219 g/mol. The Balaban J connectivity index is 1.90. The van der Waals surface area contributed by atoms with E-state index >= 15 is 0 Å². The minimum absolute atomic E-state index is 0.139. The van der Waals surface area contributed by atoms with Gasteiger partial charge >= 0.3 is 0 Å². The van der Waals surface area contributed by atoms with Crippen molar-refractivity contribution in [2.75, 3.05) is 6.61 Å². The minimum Gasteiger partial charge on any atom is -0.378 e. The number of ether oxygens (including phenoxy) is 1. The lowest BCUT2D eigenvalue weighted by molar-refractivity contribution is 0.0946. The largest absolute Gasteiger partial charge is 0.378 e. The van der Waals surface area contributed by atoms with Gasteiger partial charge in [-0.2, -0.15) is 0 Å². The zero-order chi connectivity index (χ0) is 12.1. The summed E-state index contributed by atoms with van der Waals surface area (Å²) in [4.78, 5) is 0. The molecule has 17 heavy (non-hydrogen) atoms. The van der Waals surface area contributed by atoms with Crippen LogP contribution in [0.15, 0.2) is 24.3 Å². The number of hydrogen-bond donors (Lipinski definition) is 2. The van der Waals surface area contributed by atoms with Crippen molar-refractivity contribution in [1.82, 2.24) is 5.43 Å². The van der Waals surface area contributed by atoms with Gasteiger partial charge in [0.25, 0.3) is 0 Å². The Labute approximate surface area is 101 Å². The van der Waals surface area contributed by atoms with E-state index in [0.29, 0.717) is 6.10 Å². The minimum atomic E-state index is -0.199. The number of nitrogens with two attached hydrogens (primary N) is 1. The maximum Gasteiger partial charge on any atom is 0.123 e. The van der Waals surface area contributed by atoms with Crippen molar-refractivity contribution in [1.29, 1.82) is 0 Å². The molecule has 1 aromatic carbocycles. The lowest BCUT2D eigenvalue weighted by Crippen LogP contribution is -2.39. The van der Waals surface area contributed by atoms with Crippen molar-refractivity contribution < 1.29 is 9.13 Å². The Morgan fingerprint density at radius 3 is 3.06 bits per heavy atom. The fraction of sp³-hybridized carbons (Fsp3) is 0.538. The molecule has 2 rings (SSSR count). The second-order valence-electron chi connectivity index (χ2n) is 4.57. The van der Waals surface area contributed by atoms with Crippen LogP contribution in [0.3, 0.4) is 0 Å². The monoisotopic (exact) mass is 238 g/mol. The molecule has 0 bridgehead atoms. The Bertz CT molecular complexity index is 353. The molecule has 2 atom stereocenters. The van der Waals surface area contributed by atoms with E-state index < -0.39 is 0 Å². The Morgan fingerprint density at radius 1 is 1.53 bits per heavy atom. The number of halogens is 1. The highest BCUT2D eigenvalue weighted by atomic mass is 19.1. The summed E-state index contributed by atoms with van der Waals surface area (Å²) in [6, 6.07) is 6.79. The summed E-state index contributed by atoms with van der Waals surface area (Å²) < 4.78 is 18.6. The lowest BCUT2D eigenvalue weighted by Gasteiger charge is -2.19. The van der Waals surface area contributed by atoms with E-state index in [9.17, 15) is 4.39 Å². The fourth-order valence-electron chi connectivity index (χ4n) is 2.31. The van der Waals surface area contributed by atoms with E-state index in [1.807, 2.05) is 6.07 Å². The number of hydrogen-bond acceptors (Lipinski definition) is 3. The average Bonchev–Trinajstić information content (AvgIpc) is 2.81. The van der Waals surface area contributed by atoms with Gasteiger partial charge in [-0.05, 0) is 43.4 Å². The van der Waals surface area contributed by atoms with Crippen LogP contribution in [0.1, 0.15) is 24.8 Å². The van der Waals surface area contributed by atoms with Gasteiger partial charge < -0.3 is 4.74 Å². The van der Waals surface area contributed by atoms with E-state index in [1.165, 1.54) is 6.07 Å². The van der Waals surface area contributed by atoms with Crippen LogP contribution in [-0.2, 0) is 11.2 Å². The summed E-state index contributed by atoms with van der Waals surface area (Å²) in [5.74, 6) is 5.34. The first-order chi connectivity index (χ1) is 8.28. The molecule has 1 saturated heterocycles. The SMILES string of the molecule is NNC(Cc1cccc(F)c1)CC1CCCO1. The van der Waals surface area contributed by atoms with Crippen molar-refractivity contribution in [3.05, 3.63) is 35.6 Å². The molecular formula is C13H19FN2O. The van der Waals surface area contributed by atoms with E-state index in [2.05, 4.69) is 5.43 Å². The first-order valence-electron chi connectivity index (χ1n) is 6.10. The molecule has 3 nitrogen and oxygen atoms in total. The van der Waals surface area contributed by atoms with Crippen LogP contribution in [0.2, 0.25) is 0 Å². The summed E-state index contributed by atoms with van der Waals surface area (Å²) in [5, 5.41) is 0. The summed E-state index contributed by atoms with van der Waals surface area (Å²) >= 11 is 0. The fourth-order valence-corrected chi connectivity index (χ4v) is 2.31. The van der Waals surface area contributed by atoms with Crippen molar-refractivity contribution >= 4 is 0 Å². The zero-order valence-corrected chi connectivity index (χ0v) is 9.86. The first-order valence-corrected chi connectivity index (χ1v) is 6.10. The predicted molar refractivity (Wildman–Crippen MR) is 64.8 cm³/mol. The van der Waals surface area contributed by atoms with Crippen LogP contribution in [0.4, 0.5) is 4.39 Å². The normalized spacial score (nSPS) is 21.6. The summed E-state index contributed by atoms with van der Waals surface area (Å²) in [6.45, 7) is 0.849. The molecule has 2 unspecified atom stereocenters. The molecule has 4 heteroatoms. The molecule has 1 aliphatic rings. The summed E-state index contributed by atoms with van der Waals surface area (Å²) in [7, 11) is 0. The van der Waals surface area contributed by atoms with Crippen LogP contribution in [-0.4, -0.2) is 18.8 Å². The van der Waals surface area contributed by atoms with Crippen LogP contribution in [0.25, 0.3) is 0 Å². The first kappa shape index (κ1) is 12.5. The third kappa shape index (κ3) is 3.77. The molecule has 0 radical (unpaired) electrons. The van der Waals surface area contributed by atoms with Gasteiger partial charge in [-0.1, -0.05) is 12.1 Å². The smallest absolute Gasteiger partial charge is 0.123 e. The second kappa shape index (κ2) is 6.10. The molecule has 0 saturated carbocycles. The lowest BCUT2D eigenvalue weighted by atomic mass is 10.00. The van der Waals surface area contributed by atoms with Gasteiger partial charge in [-0.25, -0.2) is 4.39 Å². The van der Waals surface area contributed by atoms with Crippen molar-refractivity contribution in [2.24, 2.45) is 5.84 Å². The maximum absolute atomic E-state index is 13.1. The van der Waals surface area contributed by atoms with Crippen molar-refractivity contribution in [3.63, 3.8) is 0 Å². The molecule has 0 aromatic heterocycles. The van der Waals surface area contributed by atoms with Crippen LogP contribution in [0.5, 0.6) is 0 Å². The molecule has 1 aliphatic heterocycles. The standard InChI is InChI=1S/C13H19FN2O/c14-11-4-1-3-10(7-11)8-12(16-15)9-13-5-2-6-17-13/h1,3-4,7,12-13,16H,2,5-6,8-9,15H2. The Hall–Kier alpha value is -0.970. The average molecular weight is 238 g/mol. The van der Waals surface area contributed by atoms with Gasteiger partial charge in [-0.3, -0.25) is 11.3 Å². The third-order valence-electron chi connectivity index (χ3n) is 3.18. The number of hydrazine groups is 1. The maximum atomic E-state index is 13.1. The highest BCUT2D eigenvalue weighted by Gasteiger charge is 2.20. The Kier molecular flexibility index (Phi) is 4.48. The third-order valence-corrected chi connectivity index (χ3v) is 3.18. The molecule has 3 N–H and O–H groups in total. The van der Waals surface area contributed by atoms with Crippen LogP contribution in [0, 0.1) is 5.82 Å². The van der Waals surface area contributed by atoms with Crippen LogP contribution < -0.4 is 11.3 Å². The number of benzene rings is 1. The van der Waals surface area contributed by atoms with Gasteiger partial charge in [0.1, 0.15) is 5.82 Å². The van der Waals surface area contributed by atoms with Gasteiger partial charge in [0.2, 0.25) is 0 Å². The molecule has 1 heterocycles.